The van der Waals surface area contributed by atoms with E-state index in [1.807, 2.05) is 4.57 Å². The zero-order chi connectivity index (χ0) is 15.4. The molecule has 2 N–H and O–H groups in total. The number of thioether (sulfide) groups is 1. The Balaban J connectivity index is 1.83. The van der Waals surface area contributed by atoms with Crippen LogP contribution in [0, 0.1) is 11.7 Å². The summed E-state index contributed by atoms with van der Waals surface area (Å²) in [5, 5.41) is 9.34. The van der Waals surface area contributed by atoms with Crippen LogP contribution in [-0.2, 0) is 11.2 Å². The average Bonchev–Trinajstić information content (AvgIpc) is 3.16. The van der Waals surface area contributed by atoms with Crippen LogP contribution in [0.25, 0.3) is 5.69 Å². The molecule has 0 radical (unpaired) electrons. The highest BCUT2D eigenvalue weighted by molar-refractivity contribution is 7.99. The molecule has 2 heterocycles. The van der Waals surface area contributed by atoms with Crippen molar-refractivity contribution in [2.24, 2.45) is 11.7 Å². The number of benzene rings is 1. The third-order valence-corrected chi connectivity index (χ3v) is 4.79. The number of nitrogens with zero attached hydrogens (tertiary/aromatic N) is 3. The number of hydrogen-bond acceptors (Lipinski definition) is 5. The SMILES string of the molecule is NCCc1nnc(SCC2CCOC2)n1-c1ccc(F)cc1. The second kappa shape index (κ2) is 7.21. The first-order chi connectivity index (χ1) is 10.8. The summed E-state index contributed by atoms with van der Waals surface area (Å²) >= 11 is 1.66. The minimum absolute atomic E-state index is 0.255. The van der Waals surface area contributed by atoms with Crippen molar-refractivity contribution in [3.8, 4) is 5.69 Å². The second-order valence-corrected chi connectivity index (χ2v) is 6.28. The van der Waals surface area contributed by atoms with Gasteiger partial charge < -0.3 is 10.5 Å². The molecule has 3 rings (SSSR count). The highest BCUT2D eigenvalue weighted by Crippen LogP contribution is 2.26. The normalized spacial score (nSPS) is 18.0. The van der Waals surface area contributed by atoms with Crippen LogP contribution < -0.4 is 5.73 Å². The van der Waals surface area contributed by atoms with Gasteiger partial charge in [-0.1, -0.05) is 11.8 Å². The van der Waals surface area contributed by atoms with Crippen molar-refractivity contribution in [3.05, 3.63) is 35.9 Å². The Morgan fingerprint density at radius 3 is 2.82 bits per heavy atom. The van der Waals surface area contributed by atoms with Gasteiger partial charge in [-0.3, -0.25) is 4.57 Å². The van der Waals surface area contributed by atoms with Gasteiger partial charge >= 0.3 is 0 Å². The summed E-state index contributed by atoms with van der Waals surface area (Å²) < 4.78 is 20.5. The van der Waals surface area contributed by atoms with Gasteiger partial charge in [0, 0.05) is 24.5 Å². The quantitative estimate of drug-likeness (QED) is 0.825. The molecule has 1 aromatic heterocycles. The highest BCUT2D eigenvalue weighted by Gasteiger charge is 2.19. The zero-order valence-corrected chi connectivity index (χ0v) is 13.1. The van der Waals surface area contributed by atoms with Crippen molar-refractivity contribution >= 4 is 11.8 Å². The summed E-state index contributed by atoms with van der Waals surface area (Å²) in [6.07, 6.45) is 1.73. The minimum atomic E-state index is -0.255. The highest BCUT2D eigenvalue weighted by atomic mass is 32.2. The fourth-order valence-electron chi connectivity index (χ4n) is 2.44. The van der Waals surface area contributed by atoms with E-state index in [1.165, 1.54) is 12.1 Å². The van der Waals surface area contributed by atoms with Crippen LogP contribution in [0.4, 0.5) is 4.39 Å². The molecule has 1 aliphatic rings. The lowest BCUT2D eigenvalue weighted by Gasteiger charge is -2.11. The summed E-state index contributed by atoms with van der Waals surface area (Å²) in [4.78, 5) is 0. The summed E-state index contributed by atoms with van der Waals surface area (Å²) in [5.74, 6) is 2.05. The molecular weight excluding hydrogens is 303 g/mol. The van der Waals surface area contributed by atoms with E-state index >= 15 is 0 Å². The molecule has 22 heavy (non-hydrogen) atoms. The Bertz CT molecular complexity index is 611. The lowest BCUT2D eigenvalue weighted by atomic mass is 10.2. The number of aromatic nitrogens is 3. The third-order valence-electron chi connectivity index (χ3n) is 3.63. The minimum Gasteiger partial charge on any atom is -0.381 e. The van der Waals surface area contributed by atoms with Gasteiger partial charge in [0.05, 0.1) is 6.61 Å². The van der Waals surface area contributed by atoms with Gasteiger partial charge in [-0.15, -0.1) is 10.2 Å². The molecule has 0 spiro atoms. The Morgan fingerprint density at radius 2 is 2.14 bits per heavy atom. The Hall–Kier alpha value is -1.44. The first-order valence-electron chi connectivity index (χ1n) is 7.39. The molecule has 1 atom stereocenters. The Kier molecular flexibility index (Phi) is 5.07. The number of halogens is 1. The molecule has 1 aliphatic heterocycles. The maximum absolute atomic E-state index is 13.2. The predicted octanol–water partition coefficient (Wildman–Crippen LogP) is 2.04. The van der Waals surface area contributed by atoms with Gasteiger partial charge in [-0.25, -0.2) is 4.39 Å². The lowest BCUT2D eigenvalue weighted by Crippen LogP contribution is -2.10. The average molecular weight is 322 g/mol. The van der Waals surface area contributed by atoms with Crippen LogP contribution in [0.15, 0.2) is 29.4 Å². The van der Waals surface area contributed by atoms with Gasteiger partial charge in [-0.2, -0.15) is 0 Å². The molecule has 7 heteroatoms. The molecule has 0 saturated carbocycles. The van der Waals surface area contributed by atoms with E-state index in [0.717, 1.165) is 42.1 Å². The van der Waals surface area contributed by atoms with E-state index in [0.29, 0.717) is 18.9 Å². The van der Waals surface area contributed by atoms with E-state index in [9.17, 15) is 4.39 Å². The first kappa shape index (κ1) is 15.5. The largest absolute Gasteiger partial charge is 0.381 e. The van der Waals surface area contributed by atoms with Crippen molar-refractivity contribution in [2.45, 2.75) is 18.0 Å². The molecule has 118 valence electrons. The monoisotopic (exact) mass is 322 g/mol. The van der Waals surface area contributed by atoms with Crippen LogP contribution in [0.2, 0.25) is 0 Å². The predicted molar refractivity (Wildman–Crippen MR) is 83.7 cm³/mol. The van der Waals surface area contributed by atoms with Crippen LogP contribution in [-0.4, -0.2) is 40.3 Å². The molecule has 2 aromatic rings. The second-order valence-electron chi connectivity index (χ2n) is 5.29. The van der Waals surface area contributed by atoms with Crippen molar-refractivity contribution in [1.82, 2.24) is 14.8 Å². The van der Waals surface area contributed by atoms with Crippen molar-refractivity contribution in [3.63, 3.8) is 0 Å². The maximum Gasteiger partial charge on any atom is 0.195 e. The Morgan fingerprint density at radius 1 is 1.32 bits per heavy atom. The number of nitrogens with two attached hydrogens (primary N) is 1. The summed E-state index contributed by atoms with van der Waals surface area (Å²) in [6.45, 7) is 2.15. The van der Waals surface area contributed by atoms with Gasteiger partial charge in [0.1, 0.15) is 11.6 Å². The zero-order valence-electron chi connectivity index (χ0n) is 12.2. The molecule has 1 unspecified atom stereocenters. The van der Waals surface area contributed by atoms with Crippen molar-refractivity contribution in [2.75, 3.05) is 25.5 Å². The molecule has 1 fully saturated rings. The Labute approximate surface area is 133 Å². The molecular formula is C15H19FN4OS. The van der Waals surface area contributed by atoms with Crippen molar-refractivity contribution < 1.29 is 9.13 Å². The van der Waals surface area contributed by atoms with E-state index in [2.05, 4.69) is 10.2 Å². The third kappa shape index (κ3) is 3.48. The van der Waals surface area contributed by atoms with Gasteiger partial charge in [0.2, 0.25) is 0 Å². The fourth-order valence-corrected chi connectivity index (χ4v) is 3.53. The smallest absolute Gasteiger partial charge is 0.195 e. The summed E-state index contributed by atoms with van der Waals surface area (Å²) in [7, 11) is 0. The lowest BCUT2D eigenvalue weighted by molar-refractivity contribution is 0.189. The molecule has 1 aromatic carbocycles. The van der Waals surface area contributed by atoms with Crippen LogP contribution in [0.5, 0.6) is 0 Å². The van der Waals surface area contributed by atoms with Crippen LogP contribution in [0.3, 0.4) is 0 Å². The van der Waals surface area contributed by atoms with E-state index < -0.39 is 0 Å². The van der Waals surface area contributed by atoms with Crippen LogP contribution in [0.1, 0.15) is 12.2 Å². The topological polar surface area (TPSA) is 66.0 Å². The van der Waals surface area contributed by atoms with Gasteiger partial charge in [0.15, 0.2) is 5.16 Å². The first-order valence-corrected chi connectivity index (χ1v) is 8.37. The maximum atomic E-state index is 13.2. The van der Waals surface area contributed by atoms with Crippen LogP contribution >= 0.6 is 11.8 Å². The molecule has 0 bridgehead atoms. The fraction of sp³-hybridized carbons (Fsp3) is 0.467. The van der Waals surface area contributed by atoms with Gasteiger partial charge in [0.25, 0.3) is 0 Å². The molecule has 1 saturated heterocycles. The van der Waals surface area contributed by atoms with Crippen molar-refractivity contribution in [1.29, 1.82) is 0 Å². The van der Waals surface area contributed by atoms with Gasteiger partial charge in [-0.05, 0) is 43.1 Å². The molecule has 0 amide bonds. The molecule has 5 nitrogen and oxygen atoms in total. The standard InChI is InChI=1S/C15H19FN4OS/c16-12-1-3-13(4-2-12)20-14(5-7-17)18-19-15(20)22-10-11-6-8-21-9-11/h1-4,11H,5-10,17H2. The number of rotatable bonds is 6. The summed E-state index contributed by atoms with van der Waals surface area (Å²) in [6, 6.07) is 6.37. The number of hydrogen-bond donors (Lipinski definition) is 1. The summed E-state index contributed by atoms with van der Waals surface area (Å²) in [5.41, 5.74) is 6.51. The number of ether oxygens (including phenoxy) is 1. The van der Waals surface area contributed by atoms with E-state index in [1.54, 1.807) is 23.9 Å². The van der Waals surface area contributed by atoms with E-state index in [-0.39, 0.29) is 5.82 Å². The molecule has 0 aliphatic carbocycles. The van der Waals surface area contributed by atoms with E-state index in [4.69, 9.17) is 10.5 Å².